The second kappa shape index (κ2) is 8.58. The molecule has 3 rings (SSSR count). The number of para-hydroxylation sites is 1. The topological polar surface area (TPSA) is 65.2 Å². The van der Waals surface area contributed by atoms with Crippen LogP contribution in [-0.4, -0.2) is 37.4 Å². The van der Waals surface area contributed by atoms with Crippen LogP contribution in [0.5, 0.6) is 5.75 Å². The Labute approximate surface area is 170 Å². The summed E-state index contributed by atoms with van der Waals surface area (Å²) in [6.45, 7) is 3.33. The van der Waals surface area contributed by atoms with Crippen LogP contribution in [0.2, 0.25) is 5.02 Å². The number of nitrogens with zero attached hydrogens (tertiary/aromatic N) is 5. The maximum absolute atomic E-state index is 12.7. The van der Waals surface area contributed by atoms with E-state index in [-0.39, 0.29) is 12.6 Å². The summed E-state index contributed by atoms with van der Waals surface area (Å²) in [5.41, 5.74) is 1.29. The van der Waals surface area contributed by atoms with E-state index in [1.165, 1.54) is 0 Å². The lowest BCUT2D eigenvalue weighted by Crippen LogP contribution is -2.28. The second-order valence-corrected chi connectivity index (χ2v) is 7.12. The molecule has 0 unspecified atom stereocenters. The number of aryl methyl sites for hydroxylation is 1. The van der Waals surface area contributed by atoms with Gasteiger partial charge in [0, 0.05) is 19.8 Å². The molecular weight excluding hydrogens is 434 g/mol. The lowest BCUT2D eigenvalue weighted by molar-refractivity contribution is 0.0773. The number of hydrogen-bond donors (Lipinski definition) is 0. The van der Waals surface area contributed by atoms with Gasteiger partial charge in [0.05, 0.1) is 27.9 Å². The van der Waals surface area contributed by atoms with Crippen molar-refractivity contribution in [2.45, 2.75) is 26.7 Å². The minimum Gasteiger partial charge on any atom is -0.470 e. The third-order valence-electron chi connectivity index (χ3n) is 3.98. The standard InChI is InChI=1S/C18H19BrClN5O2/c1-3-25-16(13(19)10-21-25)11-23(2)18(26)15-8-9-24(22-15)12-27-17-7-5-4-6-14(17)20/h4-10H,3,11-12H2,1-2H3. The van der Waals surface area contributed by atoms with Crippen LogP contribution in [0.4, 0.5) is 0 Å². The maximum Gasteiger partial charge on any atom is 0.274 e. The predicted octanol–water partition coefficient (Wildman–Crippen LogP) is 3.82. The van der Waals surface area contributed by atoms with Crippen molar-refractivity contribution in [3.63, 3.8) is 0 Å². The zero-order valence-electron chi connectivity index (χ0n) is 15.0. The Balaban J connectivity index is 1.64. The van der Waals surface area contributed by atoms with E-state index in [4.69, 9.17) is 16.3 Å². The van der Waals surface area contributed by atoms with Crippen LogP contribution in [0.3, 0.4) is 0 Å². The van der Waals surface area contributed by atoms with Crippen LogP contribution in [0.1, 0.15) is 23.1 Å². The summed E-state index contributed by atoms with van der Waals surface area (Å²) in [5, 5.41) is 9.09. The molecule has 2 aromatic heterocycles. The fourth-order valence-electron chi connectivity index (χ4n) is 2.55. The van der Waals surface area contributed by atoms with Crippen molar-refractivity contribution >= 4 is 33.4 Å². The summed E-state index contributed by atoms with van der Waals surface area (Å²) in [5.74, 6) is 0.389. The minimum absolute atomic E-state index is 0.162. The normalized spacial score (nSPS) is 10.8. The SMILES string of the molecule is CCn1ncc(Br)c1CN(C)C(=O)c1ccn(COc2ccccc2Cl)n1. The average molecular weight is 453 g/mol. The Bertz CT molecular complexity index is 939. The summed E-state index contributed by atoms with van der Waals surface area (Å²) < 4.78 is 9.91. The van der Waals surface area contributed by atoms with Crippen LogP contribution >= 0.6 is 27.5 Å². The molecule has 0 aliphatic carbocycles. The Morgan fingerprint density at radius 1 is 1.33 bits per heavy atom. The molecule has 0 saturated heterocycles. The third-order valence-corrected chi connectivity index (χ3v) is 4.95. The second-order valence-electron chi connectivity index (χ2n) is 5.86. The van der Waals surface area contributed by atoms with Crippen molar-refractivity contribution in [1.29, 1.82) is 0 Å². The van der Waals surface area contributed by atoms with Gasteiger partial charge >= 0.3 is 0 Å². The predicted molar refractivity (Wildman–Crippen MR) is 106 cm³/mol. The van der Waals surface area contributed by atoms with Gasteiger partial charge < -0.3 is 9.64 Å². The van der Waals surface area contributed by atoms with Crippen LogP contribution < -0.4 is 4.74 Å². The molecule has 27 heavy (non-hydrogen) atoms. The molecule has 7 nitrogen and oxygen atoms in total. The van der Waals surface area contributed by atoms with Gasteiger partial charge in [-0.25, -0.2) is 4.68 Å². The Morgan fingerprint density at radius 2 is 2.11 bits per heavy atom. The molecule has 0 aliphatic heterocycles. The van der Waals surface area contributed by atoms with Gasteiger partial charge in [-0.3, -0.25) is 9.48 Å². The van der Waals surface area contributed by atoms with Crippen LogP contribution in [0.15, 0.2) is 47.2 Å². The fraction of sp³-hybridized carbons (Fsp3) is 0.278. The number of carbonyl (C=O) groups excluding carboxylic acids is 1. The molecule has 0 bridgehead atoms. The highest BCUT2D eigenvalue weighted by Gasteiger charge is 2.18. The number of amides is 1. The van der Waals surface area contributed by atoms with Gasteiger partial charge in [0.2, 0.25) is 0 Å². The third kappa shape index (κ3) is 4.51. The van der Waals surface area contributed by atoms with Crippen molar-refractivity contribution in [1.82, 2.24) is 24.5 Å². The minimum atomic E-state index is -0.178. The van der Waals surface area contributed by atoms with E-state index in [2.05, 4.69) is 26.1 Å². The quantitative estimate of drug-likeness (QED) is 0.546. The van der Waals surface area contributed by atoms with Gasteiger partial charge in [0.15, 0.2) is 12.4 Å². The van der Waals surface area contributed by atoms with E-state index in [0.717, 1.165) is 16.7 Å². The van der Waals surface area contributed by atoms with Gasteiger partial charge in [0.1, 0.15) is 5.75 Å². The van der Waals surface area contributed by atoms with Crippen LogP contribution in [0.25, 0.3) is 0 Å². The summed E-state index contributed by atoms with van der Waals surface area (Å²) >= 11 is 9.54. The van der Waals surface area contributed by atoms with Crippen molar-refractivity contribution < 1.29 is 9.53 Å². The number of benzene rings is 1. The molecule has 0 spiro atoms. The Hall–Kier alpha value is -2.32. The number of halogens is 2. The van der Waals surface area contributed by atoms with Gasteiger partial charge in [-0.05, 0) is 41.1 Å². The first-order valence-corrected chi connectivity index (χ1v) is 9.53. The first-order valence-electron chi connectivity index (χ1n) is 8.36. The number of hydrogen-bond acceptors (Lipinski definition) is 4. The molecule has 0 fully saturated rings. The zero-order chi connectivity index (χ0) is 19.4. The molecule has 142 valence electrons. The highest BCUT2D eigenvalue weighted by Crippen LogP contribution is 2.23. The molecule has 3 aromatic rings. The van der Waals surface area contributed by atoms with Crippen molar-refractivity contribution in [3.8, 4) is 5.75 Å². The molecule has 0 aliphatic rings. The number of aromatic nitrogens is 4. The fourth-order valence-corrected chi connectivity index (χ4v) is 3.17. The largest absolute Gasteiger partial charge is 0.470 e. The first-order chi connectivity index (χ1) is 13.0. The highest BCUT2D eigenvalue weighted by atomic mass is 79.9. The Kier molecular flexibility index (Phi) is 6.18. The molecule has 0 saturated carbocycles. The van der Waals surface area contributed by atoms with Crippen LogP contribution in [0, 0.1) is 0 Å². The molecule has 0 N–H and O–H groups in total. The van der Waals surface area contributed by atoms with E-state index >= 15 is 0 Å². The average Bonchev–Trinajstić information content (AvgIpc) is 3.27. The molecule has 1 amide bonds. The maximum atomic E-state index is 12.7. The number of rotatable bonds is 7. The van der Waals surface area contributed by atoms with E-state index in [1.807, 2.05) is 23.7 Å². The van der Waals surface area contributed by atoms with Gasteiger partial charge in [0.25, 0.3) is 5.91 Å². The van der Waals surface area contributed by atoms with E-state index in [0.29, 0.717) is 23.0 Å². The highest BCUT2D eigenvalue weighted by molar-refractivity contribution is 9.10. The van der Waals surface area contributed by atoms with Crippen molar-refractivity contribution in [3.05, 3.63) is 63.6 Å². The summed E-state index contributed by atoms with van der Waals surface area (Å²) in [7, 11) is 1.74. The van der Waals surface area contributed by atoms with E-state index < -0.39 is 0 Å². The van der Waals surface area contributed by atoms with Gasteiger partial charge in [-0.15, -0.1) is 0 Å². The smallest absolute Gasteiger partial charge is 0.274 e. The molecule has 9 heteroatoms. The lowest BCUT2D eigenvalue weighted by Gasteiger charge is -2.17. The zero-order valence-corrected chi connectivity index (χ0v) is 17.3. The Morgan fingerprint density at radius 3 is 2.85 bits per heavy atom. The van der Waals surface area contributed by atoms with E-state index in [1.54, 1.807) is 47.2 Å². The van der Waals surface area contributed by atoms with Gasteiger partial charge in [-0.2, -0.15) is 10.2 Å². The summed E-state index contributed by atoms with van der Waals surface area (Å²) in [6.07, 6.45) is 3.43. The molecule has 0 radical (unpaired) electrons. The monoisotopic (exact) mass is 451 g/mol. The summed E-state index contributed by atoms with van der Waals surface area (Å²) in [6, 6.07) is 8.87. The van der Waals surface area contributed by atoms with Crippen molar-refractivity contribution in [2.24, 2.45) is 0 Å². The lowest BCUT2D eigenvalue weighted by atomic mass is 10.3. The molecular formula is C18H19BrClN5O2. The van der Waals surface area contributed by atoms with Crippen molar-refractivity contribution in [2.75, 3.05) is 7.05 Å². The summed E-state index contributed by atoms with van der Waals surface area (Å²) in [4.78, 5) is 14.3. The molecule has 1 aromatic carbocycles. The molecule has 2 heterocycles. The number of ether oxygens (including phenoxy) is 1. The first kappa shape index (κ1) is 19.4. The number of carbonyl (C=O) groups is 1. The molecule has 0 atom stereocenters. The van der Waals surface area contributed by atoms with Gasteiger partial charge in [-0.1, -0.05) is 23.7 Å². The van der Waals surface area contributed by atoms with Crippen LogP contribution in [-0.2, 0) is 19.8 Å². The van der Waals surface area contributed by atoms with E-state index in [9.17, 15) is 4.79 Å².